The first-order chi connectivity index (χ1) is 8.79. The van der Waals surface area contributed by atoms with Crippen LogP contribution in [-0.2, 0) is 11.3 Å². The van der Waals surface area contributed by atoms with Crippen molar-refractivity contribution in [1.82, 2.24) is 14.7 Å². The largest absolute Gasteiger partial charge is 0.454 e. The molecule has 0 bridgehead atoms. The molecule has 0 saturated carbocycles. The fourth-order valence-electron chi connectivity index (χ4n) is 1.55. The fourth-order valence-corrected chi connectivity index (χ4v) is 1.55. The SMILES string of the molecule is CCN(CC)C(=O)Cn1cc(C(=O)C(F)(F)F)cn1. The summed E-state index contributed by atoms with van der Waals surface area (Å²) in [4.78, 5) is 24.2. The molecule has 0 aliphatic rings. The first kappa shape index (κ1) is 15.2. The van der Waals surface area contributed by atoms with Gasteiger partial charge >= 0.3 is 6.18 Å². The molecule has 0 radical (unpaired) electrons. The summed E-state index contributed by atoms with van der Waals surface area (Å²) in [6.07, 6.45) is -3.20. The van der Waals surface area contributed by atoms with Crippen molar-refractivity contribution in [2.75, 3.05) is 13.1 Å². The summed E-state index contributed by atoms with van der Waals surface area (Å²) in [5, 5.41) is 3.59. The molecule has 0 spiro atoms. The van der Waals surface area contributed by atoms with E-state index in [9.17, 15) is 22.8 Å². The van der Waals surface area contributed by atoms with Gasteiger partial charge in [-0.25, -0.2) is 0 Å². The van der Waals surface area contributed by atoms with Crippen LogP contribution in [0.1, 0.15) is 24.2 Å². The summed E-state index contributed by atoms with van der Waals surface area (Å²) >= 11 is 0. The highest BCUT2D eigenvalue weighted by Gasteiger charge is 2.40. The van der Waals surface area contributed by atoms with Crippen LogP contribution >= 0.6 is 0 Å². The minimum atomic E-state index is -4.93. The maximum Gasteiger partial charge on any atom is 0.454 e. The highest BCUT2D eigenvalue weighted by atomic mass is 19.4. The van der Waals surface area contributed by atoms with E-state index in [0.29, 0.717) is 13.1 Å². The number of likely N-dealkylation sites (N-methyl/N-ethyl adjacent to an activating group) is 1. The number of halogens is 3. The van der Waals surface area contributed by atoms with E-state index in [1.807, 2.05) is 0 Å². The molecular weight excluding hydrogens is 263 g/mol. The lowest BCUT2D eigenvalue weighted by Gasteiger charge is -2.18. The third-order valence-corrected chi connectivity index (χ3v) is 2.57. The van der Waals surface area contributed by atoms with Crippen molar-refractivity contribution in [3.8, 4) is 0 Å². The highest BCUT2D eigenvalue weighted by Crippen LogP contribution is 2.20. The van der Waals surface area contributed by atoms with Gasteiger partial charge in [-0.2, -0.15) is 18.3 Å². The number of amides is 1. The van der Waals surface area contributed by atoms with Crippen LogP contribution in [0.5, 0.6) is 0 Å². The number of rotatable bonds is 5. The van der Waals surface area contributed by atoms with Gasteiger partial charge in [0.05, 0.1) is 11.8 Å². The van der Waals surface area contributed by atoms with Gasteiger partial charge in [-0.1, -0.05) is 0 Å². The van der Waals surface area contributed by atoms with E-state index in [2.05, 4.69) is 5.10 Å². The second kappa shape index (κ2) is 5.85. The third-order valence-electron chi connectivity index (χ3n) is 2.57. The van der Waals surface area contributed by atoms with Crippen LogP contribution in [0.2, 0.25) is 0 Å². The summed E-state index contributed by atoms with van der Waals surface area (Å²) in [6, 6.07) is 0. The molecule has 0 atom stereocenters. The molecule has 0 aromatic carbocycles. The van der Waals surface area contributed by atoms with E-state index < -0.39 is 17.5 Å². The zero-order valence-corrected chi connectivity index (χ0v) is 10.6. The van der Waals surface area contributed by atoms with Crippen molar-refractivity contribution in [3.63, 3.8) is 0 Å². The van der Waals surface area contributed by atoms with Gasteiger partial charge < -0.3 is 4.90 Å². The molecule has 8 heteroatoms. The Hall–Kier alpha value is -1.86. The summed E-state index contributed by atoms with van der Waals surface area (Å²) in [7, 11) is 0. The maximum atomic E-state index is 12.2. The molecule has 1 aromatic heterocycles. The number of ketones is 1. The molecular formula is C11H14F3N3O2. The van der Waals surface area contributed by atoms with Gasteiger partial charge in [0.1, 0.15) is 6.54 Å². The quantitative estimate of drug-likeness (QED) is 0.766. The Morgan fingerprint density at radius 2 is 1.89 bits per heavy atom. The molecule has 0 aliphatic carbocycles. The average molecular weight is 277 g/mol. The summed E-state index contributed by atoms with van der Waals surface area (Å²) in [5.41, 5.74) is -0.570. The molecule has 0 unspecified atom stereocenters. The molecule has 1 amide bonds. The van der Waals surface area contributed by atoms with Crippen molar-refractivity contribution in [1.29, 1.82) is 0 Å². The number of carbonyl (C=O) groups is 2. The molecule has 0 N–H and O–H groups in total. The maximum absolute atomic E-state index is 12.2. The van der Waals surface area contributed by atoms with E-state index in [0.717, 1.165) is 17.1 Å². The predicted octanol–water partition coefficient (Wildman–Crippen LogP) is 1.50. The van der Waals surface area contributed by atoms with E-state index >= 15 is 0 Å². The lowest BCUT2D eigenvalue weighted by molar-refractivity contribution is -0.131. The van der Waals surface area contributed by atoms with Gasteiger partial charge in [0, 0.05) is 19.3 Å². The first-order valence-corrected chi connectivity index (χ1v) is 5.71. The molecule has 0 saturated heterocycles. The van der Waals surface area contributed by atoms with E-state index in [-0.39, 0.29) is 12.5 Å². The van der Waals surface area contributed by atoms with Gasteiger partial charge in [0.2, 0.25) is 5.91 Å². The van der Waals surface area contributed by atoms with Crippen LogP contribution in [-0.4, -0.2) is 45.6 Å². The van der Waals surface area contributed by atoms with Crippen LogP contribution < -0.4 is 0 Å². The van der Waals surface area contributed by atoms with Crippen LogP contribution in [0.25, 0.3) is 0 Å². The molecule has 0 fully saturated rings. The Labute approximate surface area is 108 Å². The highest BCUT2D eigenvalue weighted by molar-refractivity contribution is 5.99. The second-order valence-corrected chi connectivity index (χ2v) is 3.82. The van der Waals surface area contributed by atoms with Crippen LogP contribution in [0.3, 0.4) is 0 Å². The Bertz CT molecular complexity index is 464. The van der Waals surface area contributed by atoms with Gasteiger partial charge in [-0.05, 0) is 13.8 Å². The lowest BCUT2D eigenvalue weighted by Crippen LogP contribution is -2.33. The van der Waals surface area contributed by atoms with E-state index in [1.54, 1.807) is 13.8 Å². The van der Waals surface area contributed by atoms with Crippen molar-refractivity contribution >= 4 is 11.7 Å². The molecule has 5 nitrogen and oxygen atoms in total. The number of alkyl halides is 3. The minimum Gasteiger partial charge on any atom is -0.342 e. The van der Waals surface area contributed by atoms with Crippen LogP contribution in [0.4, 0.5) is 13.2 Å². The van der Waals surface area contributed by atoms with E-state index in [4.69, 9.17) is 0 Å². The van der Waals surface area contributed by atoms with Crippen molar-refractivity contribution in [2.24, 2.45) is 0 Å². The minimum absolute atomic E-state index is 0.188. The van der Waals surface area contributed by atoms with Crippen LogP contribution in [0, 0.1) is 0 Å². The lowest BCUT2D eigenvalue weighted by atomic mass is 10.2. The Balaban J connectivity index is 2.76. The number of aromatic nitrogens is 2. The Morgan fingerprint density at radius 3 is 2.37 bits per heavy atom. The molecule has 1 heterocycles. The third kappa shape index (κ3) is 3.80. The molecule has 19 heavy (non-hydrogen) atoms. The number of hydrogen-bond donors (Lipinski definition) is 0. The predicted molar refractivity (Wildman–Crippen MR) is 60.5 cm³/mol. The number of hydrogen-bond acceptors (Lipinski definition) is 3. The Morgan fingerprint density at radius 1 is 1.32 bits per heavy atom. The monoisotopic (exact) mass is 277 g/mol. The normalized spacial score (nSPS) is 11.4. The molecule has 0 aliphatic heterocycles. The zero-order valence-electron chi connectivity index (χ0n) is 10.6. The zero-order chi connectivity index (χ0) is 14.6. The van der Waals surface area contributed by atoms with Gasteiger partial charge in [-0.3, -0.25) is 14.3 Å². The molecule has 1 rings (SSSR count). The molecule has 1 aromatic rings. The number of Topliss-reactive ketones (excluding diaryl/α,β-unsaturated/α-hetero) is 1. The first-order valence-electron chi connectivity index (χ1n) is 5.71. The van der Waals surface area contributed by atoms with Gasteiger partial charge in [0.25, 0.3) is 5.78 Å². The smallest absolute Gasteiger partial charge is 0.342 e. The summed E-state index contributed by atoms with van der Waals surface area (Å²) in [6.45, 7) is 4.41. The number of carbonyl (C=O) groups excluding carboxylic acids is 2. The van der Waals surface area contributed by atoms with E-state index in [1.165, 1.54) is 4.90 Å². The summed E-state index contributed by atoms with van der Waals surface area (Å²) in [5.74, 6) is -2.23. The summed E-state index contributed by atoms with van der Waals surface area (Å²) < 4.78 is 37.6. The van der Waals surface area contributed by atoms with Crippen molar-refractivity contribution in [2.45, 2.75) is 26.6 Å². The molecule has 106 valence electrons. The van der Waals surface area contributed by atoms with Gasteiger partial charge in [-0.15, -0.1) is 0 Å². The number of nitrogens with zero attached hydrogens (tertiary/aromatic N) is 3. The van der Waals surface area contributed by atoms with Crippen molar-refractivity contribution in [3.05, 3.63) is 18.0 Å². The van der Waals surface area contributed by atoms with Gasteiger partial charge in [0.15, 0.2) is 0 Å². The Kier molecular flexibility index (Phi) is 4.68. The topological polar surface area (TPSA) is 55.2 Å². The fraction of sp³-hybridized carbons (Fsp3) is 0.545. The van der Waals surface area contributed by atoms with Crippen LogP contribution in [0.15, 0.2) is 12.4 Å². The standard InChI is InChI=1S/C11H14F3N3O2/c1-3-16(4-2)9(18)7-17-6-8(5-15-17)10(19)11(12,13)14/h5-6H,3-4,7H2,1-2H3. The average Bonchev–Trinajstić information content (AvgIpc) is 2.76. The second-order valence-electron chi connectivity index (χ2n) is 3.82. The van der Waals surface area contributed by atoms with Crippen molar-refractivity contribution < 1.29 is 22.8 Å².